The number of fused-ring (bicyclic) bond motifs is 14. The zero-order chi connectivity index (χ0) is 96.0. The van der Waals surface area contributed by atoms with Crippen LogP contribution in [0.25, 0.3) is 154 Å². The maximum absolute atomic E-state index is 15.0. The van der Waals surface area contributed by atoms with E-state index in [4.69, 9.17) is 40.9 Å². The highest BCUT2D eigenvalue weighted by atomic mass is 35.5. The average molecular weight is 1890 g/mol. The zero-order valence-corrected chi connectivity index (χ0v) is 71.8. The lowest BCUT2D eigenvalue weighted by atomic mass is 10.0. The number of H-pyrrole nitrogens is 6. The number of aromatic amines is 6. The molecule has 0 spiro atoms. The molecule has 0 aliphatic carbocycles. The van der Waals surface area contributed by atoms with E-state index >= 15 is 4.39 Å². The minimum Gasteiger partial charge on any atom is -0.477 e. The molecule has 8 aromatic carbocycles. The number of aromatic carboxylic acids is 4. The van der Waals surface area contributed by atoms with Crippen LogP contribution in [0.5, 0.6) is 0 Å². The van der Waals surface area contributed by atoms with E-state index in [0.29, 0.717) is 71.0 Å². The van der Waals surface area contributed by atoms with Crippen molar-refractivity contribution in [3.63, 3.8) is 0 Å². The van der Waals surface area contributed by atoms with Crippen molar-refractivity contribution in [3.8, 4) is 44.5 Å². The molecule has 22 rings (SSSR count). The second-order valence-corrected chi connectivity index (χ2v) is 32.1. The summed E-state index contributed by atoms with van der Waals surface area (Å²) in [6.07, 6.45) is 11.5. The van der Waals surface area contributed by atoms with E-state index in [2.05, 4.69) is 45.2 Å². The van der Waals surface area contributed by atoms with Gasteiger partial charge in [-0.05, 0) is 186 Å². The number of furan rings is 4. The number of rotatable bonds is 19. The third kappa shape index (κ3) is 15.6. The van der Waals surface area contributed by atoms with Crippen LogP contribution in [0.2, 0.25) is 10.3 Å². The fraction of sp³-hybridized carbons (Fsp3) is 0.0714. The molecule has 14 aromatic heterocycles. The van der Waals surface area contributed by atoms with Crippen molar-refractivity contribution in [2.75, 3.05) is 13.7 Å². The van der Waals surface area contributed by atoms with Gasteiger partial charge in [-0.15, -0.1) is 0 Å². The van der Waals surface area contributed by atoms with Gasteiger partial charge in [0, 0.05) is 94.3 Å². The zero-order valence-electron chi connectivity index (χ0n) is 70.3. The van der Waals surface area contributed by atoms with Gasteiger partial charge < -0.3 is 102 Å². The molecular formula is C98H64Cl2F5N13O19. The lowest BCUT2D eigenvalue weighted by Gasteiger charge is -2.13. The summed E-state index contributed by atoms with van der Waals surface area (Å²) in [5.41, 5.74) is 4.46. The number of carboxylic acid groups (broad SMARTS) is 4. The van der Waals surface area contributed by atoms with E-state index in [9.17, 15) is 91.4 Å². The monoisotopic (exact) mass is 1890 g/mol. The SMILES string of the molecule is CNC(=O)c1ccc(F)c(Cn2c(C(=O)O)c(-c3ccc[nH]c3=O)c3c4occc4c(F)cc32)c1.O=C(O)c1c(-c2ccc[nH]c2=O)c2c3occc3c(F)cc2n1Cc1cc2[nH]cnc2cc1Cl.O=C(O)c1c(-c2ccc[nH]c2=O)c2c3occc3c(F)cc2n1Cc1ccc2nc(Cl)[nH]c2c1.O=C(O)c1c(-c2ccc[nH]c2=O)c2c3occc3ccc2n1Cc1cc(C(O)CO)ccc1F. The maximum Gasteiger partial charge on any atom is 0.353 e. The number of amides is 1. The molecule has 137 heavy (non-hydrogen) atoms. The van der Waals surface area contributed by atoms with E-state index in [1.54, 1.807) is 66.7 Å². The Morgan fingerprint density at radius 2 is 0.854 bits per heavy atom. The Kier molecular flexibility index (Phi) is 22.9. The molecule has 39 heteroatoms. The quantitative estimate of drug-likeness (QED) is 0.0334. The van der Waals surface area contributed by atoms with Crippen molar-refractivity contribution in [2.45, 2.75) is 32.3 Å². The predicted molar refractivity (Wildman–Crippen MR) is 496 cm³/mol. The number of carbonyl (C=O) groups is 5. The average Bonchev–Trinajstić information content (AvgIpc) is 1.58. The molecule has 0 aliphatic rings. The molecule has 14 heterocycles. The van der Waals surface area contributed by atoms with E-state index in [0.717, 1.165) is 29.1 Å². The first kappa shape index (κ1) is 88.6. The van der Waals surface area contributed by atoms with Gasteiger partial charge in [0.15, 0.2) is 0 Å². The number of pyridine rings is 4. The van der Waals surface area contributed by atoms with Crippen LogP contribution in [-0.2, 0) is 26.2 Å². The van der Waals surface area contributed by atoms with Crippen molar-refractivity contribution in [3.05, 3.63) is 363 Å². The smallest absolute Gasteiger partial charge is 0.353 e. The van der Waals surface area contributed by atoms with Crippen LogP contribution in [0.4, 0.5) is 22.0 Å². The summed E-state index contributed by atoms with van der Waals surface area (Å²) in [7, 11) is 1.43. The molecule has 22 aromatic rings. The number of nitrogens with zero attached hydrogens (tertiary/aromatic N) is 6. The summed E-state index contributed by atoms with van der Waals surface area (Å²) in [5.74, 6) is -8.82. The molecule has 13 N–H and O–H groups in total. The van der Waals surface area contributed by atoms with E-state index < -0.39 is 93.8 Å². The lowest BCUT2D eigenvalue weighted by molar-refractivity contribution is 0.0676. The molecule has 1 amide bonds. The molecule has 1 unspecified atom stereocenters. The number of carboxylic acids is 4. The van der Waals surface area contributed by atoms with Gasteiger partial charge in [-0.2, -0.15) is 0 Å². The van der Waals surface area contributed by atoms with Crippen LogP contribution < -0.4 is 27.6 Å². The molecule has 0 radical (unpaired) electrons. The highest BCUT2D eigenvalue weighted by molar-refractivity contribution is 6.32. The third-order valence-electron chi connectivity index (χ3n) is 23.6. The fourth-order valence-electron chi connectivity index (χ4n) is 17.6. The molecule has 32 nitrogen and oxygen atoms in total. The van der Waals surface area contributed by atoms with Crippen molar-refractivity contribution >= 4 is 163 Å². The highest BCUT2D eigenvalue weighted by Gasteiger charge is 2.35. The number of carbonyl (C=O) groups excluding carboxylic acids is 1. The topological polar surface area (TPSA) is 480 Å². The van der Waals surface area contributed by atoms with Gasteiger partial charge >= 0.3 is 23.9 Å². The molecule has 0 aliphatic heterocycles. The number of nitrogens with one attached hydrogen (secondary N) is 7. The maximum atomic E-state index is 15.0. The molecule has 0 saturated heterocycles. The number of aliphatic hydroxyl groups excluding tert-OH is 2. The Balaban J connectivity index is 0.000000117. The largest absolute Gasteiger partial charge is 0.477 e. The van der Waals surface area contributed by atoms with E-state index in [1.807, 2.05) is 0 Å². The summed E-state index contributed by atoms with van der Waals surface area (Å²) < 4.78 is 102. The summed E-state index contributed by atoms with van der Waals surface area (Å²) in [4.78, 5) is 138. The number of imidazole rings is 2. The molecule has 0 bridgehead atoms. The van der Waals surface area contributed by atoms with Gasteiger partial charge in [0.05, 0.1) is 155 Å². The number of hydrogen-bond donors (Lipinski definition) is 13. The van der Waals surface area contributed by atoms with Crippen LogP contribution in [0.3, 0.4) is 0 Å². The Morgan fingerprint density at radius 1 is 0.431 bits per heavy atom. The number of aromatic nitrogens is 12. The number of hydrogen-bond acceptors (Lipinski definition) is 17. The first-order chi connectivity index (χ1) is 66.1. The van der Waals surface area contributed by atoms with E-state index in [-0.39, 0.29) is 165 Å². The van der Waals surface area contributed by atoms with Crippen LogP contribution in [0.15, 0.2) is 263 Å². The molecule has 0 saturated carbocycles. The second kappa shape index (κ2) is 35.5. The fourth-order valence-corrected chi connectivity index (χ4v) is 18.0. The lowest BCUT2D eigenvalue weighted by Crippen LogP contribution is -2.19. The van der Waals surface area contributed by atoms with Crippen LogP contribution >= 0.6 is 23.2 Å². The van der Waals surface area contributed by atoms with Crippen molar-refractivity contribution in [2.24, 2.45) is 0 Å². The Morgan fingerprint density at radius 3 is 1.31 bits per heavy atom. The van der Waals surface area contributed by atoms with Crippen LogP contribution in [0, 0.1) is 29.1 Å². The summed E-state index contributed by atoms with van der Waals surface area (Å²) in [6.45, 7) is -1.02. The van der Waals surface area contributed by atoms with Gasteiger partial charge in [-0.3, -0.25) is 24.0 Å². The first-order valence-electron chi connectivity index (χ1n) is 41.2. The van der Waals surface area contributed by atoms with Crippen molar-refractivity contribution in [1.29, 1.82) is 0 Å². The predicted octanol–water partition coefficient (Wildman–Crippen LogP) is 18.1. The van der Waals surface area contributed by atoms with Crippen molar-refractivity contribution in [1.82, 2.24) is 63.5 Å². The Hall–Kier alpha value is -17.7. The van der Waals surface area contributed by atoms with Gasteiger partial charge in [0.2, 0.25) is 5.28 Å². The van der Waals surface area contributed by atoms with Gasteiger partial charge in [-0.1, -0.05) is 23.7 Å². The van der Waals surface area contributed by atoms with Crippen molar-refractivity contribution < 1.29 is 94.2 Å². The molecule has 0 fully saturated rings. The normalized spacial score (nSPS) is 11.8. The minimum absolute atomic E-state index is 0.000953. The number of benzene rings is 8. The molecule has 684 valence electrons. The summed E-state index contributed by atoms with van der Waals surface area (Å²) in [6, 6.07) is 41.8. The van der Waals surface area contributed by atoms with Gasteiger partial charge in [0.1, 0.15) is 80.3 Å². The van der Waals surface area contributed by atoms with Crippen LogP contribution in [-0.4, -0.2) is 132 Å². The van der Waals surface area contributed by atoms with Gasteiger partial charge in [0.25, 0.3) is 28.1 Å². The summed E-state index contributed by atoms with van der Waals surface area (Å²) >= 11 is 12.4. The number of halogens is 7. The number of aliphatic hydroxyl groups is 2. The Labute approximate surface area is 769 Å². The molecule has 1 atom stereocenters. The second-order valence-electron chi connectivity index (χ2n) is 31.3. The minimum atomic E-state index is -1.41. The van der Waals surface area contributed by atoms with Crippen LogP contribution in [0.1, 0.15) is 86.2 Å². The Bertz CT molecular complexity index is 9050. The highest BCUT2D eigenvalue weighted by Crippen LogP contribution is 2.46. The summed E-state index contributed by atoms with van der Waals surface area (Å²) in [5, 5.41) is 65.7. The molecular weight excluding hydrogens is 1830 g/mol. The third-order valence-corrected chi connectivity index (χ3v) is 24.1. The van der Waals surface area contributed by atoms with E-state index in [1.165, 1.54) is 166 Å². The van der Waals surface area contributed by atoms with Gasteiger partial charge in [-0.25, -0.2) is 51.1 Å². The first-order valence-corrected chi connectivity index (χ1v) is 42.0. The standard InChI is InChI=1S/C25H17F2N3O5.C25H19FN2O6.2C24H14ClFN4O4/c1-28-23(31)12-4-5-16(26)13(9-12)11-30-18-10-17(27)14-6-8-35-22(14)20(18)19(21(30)25(33)34)15-3-2-7-29-24(15)32;26-17-5-3-14(19(30)12-29)10-15(17)11-28-18-6-4-13-7-9-34-23(13)21(18)20(22(28)25(32)33)16-2-1-8-27-24(16)31;25-24-28-15-4-3-11(8-16(15)29-24)10-30-17-9-14(26)12-5-7-34-21(12)19(17)18(20(30)23(32)33)13-2-1-6-27-22(13)31;25-14-7-17-16(28-10-29-17)6-11(14)9-30-18-8-15(26)12-3-5-34-22(12)20(18)19(21(30)24(32)33)13-2-1-4-27-23(13)31/h2-10H,11H2,1H3,(H,28,31)(H,29,32)(H,33,34);1-10,19,29-30H,11-12H2,(H,27,31)(H,32,33);1-9H,10H2,(H,27,31)(H,28,29)(H,32,33);1-8,10H,9H2,(H,27,31)(H,28,29)(H,32,33).